The average molecular weight is 232 g/mol. The Morgan fingerprint density at radius 1 is 1.53 bits per heavy atom. The van der Waals surface area contributed by atoms with Gasteiger partial charge in [0, 0.05) is 29.4 Å². The highest BCUT2D eigenvalue weighted by Crippen LogP contribution is 2.06. The fraction of sp³-hybridized carbons (Fsp3) is 0.900. The second kappa shape index (κ2) is 6.95. The highest BCUT2D eigenvalue weighted by atomic mass is 32.2. The number of carbonyl (C=O) groups excluding carboxylic acids is 1. The summed E-state index contributed by atoms with van der Waals surface area (Å²) in [5, 5.41) is 6.07. The smallest absolute Gasteiger partial charge is 0.237 e. The normalized spacial score (nSPS) is 23.4. The zero-order valence-electron chi connectivity index (χ0n) is 9.25. The molecule has 1 fully saturated rings. The number of amides is 1. The molecule has 1 rings (SSSR count). The zero-order valence-corrected chi connectivity index (χ0v) is 10.1. The minimum absolute atomic E-state index is 0.00845. The van der Waals surface area contributed by atoms with E-state index in [1.54, 1.807) is 6.26 Å². The molecule has 1 saturated heterocycles. The maximum atomic E-state index is 11.6. The van der Waals surface area contributed by atoms with Crippen molar-refractivity contribution in [1.82, 2.24) is 10.6 Å². The van der Waals surface area contributed by atoms with E-state index in [9.17, 15) is 9.00 Å². The maximum Gasteiger partial charge on any atom is 0.237 e. The van der Waals surface area contributed by atoms with E-state index in [0.29, 0.717) is 12.3 Å². The van der Waals surface area contributed by atoms with Gasteiger partial charge in [0.05, 0.1) is 6.04 Å². The van der Waals surface area contributed by atoms with Gasteiger partial charge in [-0.1, -0.05) is 6.42 Å². The van der Waals surface area contributed by atoms with E-state index < -0.39 is 10.8 Å². The van der Waals surface area contributed by atoms with Crippen LogP contribution in [0.4, 0.5) is 0 Å². The second-order valence-corrected chi connectivity index (χ2v) is 5.48. The highest BCUT2D eigenvalue weighted by molar-refractivity contribution is 7.84. The minimum atomic E-state index is -0.752. The summed E-state index contributed by atoms with van der Waals surface area (Å²) in [6, 6.07) is -0.00845. The van der Waals surface area contributed by atoms with Gasteiger partial charge >= 0.3 is 0 Å². The number of rotatable bonds is 5. The lowest BCUT2D eigenvalue weighted by Gasteiger charge is -2.22. The third-order valence-electron chi connectivity index (χ3n) is 2.53. The van der Waals surface area contributed by atoms with Crippen molar-refractivity contribution < 1.29 is 9.00 Å². The first-order chi connectivity index (χ1) is 7.20. The first-order valence-corrected chi connectivity index (χ1v) is 7.24. The first-order valence-electron chi connectivity index (χ1n) is 5.51. The van der Waals surface area contributed by atoms with E-state index in [2.05, 4.69) is 10.6 Å². The van der Waals surface area contributed by atoms with Crippen LogP contribution in [-0.4, -0.2) is 41.3 Å². The Morgan fingerprint density at radius 3 is 2.93 bits per heavy atom. The predicted octanol–water partition coefficient (Wildman–Crippen LogP) is 0.0133. The molecule has 0 saturated carbocycles. The Kier molecular flexibility index (Phi) is 5.86. The van der Waals surface area contributed by atoms with Crippen LogP contribution < -0.4 is 10.6 Å². The molecule has 4 nitrogen and oxygen atoms in total. The Labute approximate surface area is 93.7 Å². The maximum absolute atomic E-state index is 11.6. The standard InChI is InChI=1S/C10H20N2O2S/c1-15(14)8-4-7-12-10(13)9-5-2-3-6-11-9/h9,11H,2-8H2,1H3,(H,12,13). The van der Waals surface area contributed by atoms with Gasteiger partial charge in [-0.25, -0.2) is 0 Å². The lowest BCUT2D eigenvalue weighted by Crippen LogP contribution is -2.46. The van der Waals surface area contributed by atoms with Crippen LogP contribution in [0.2, 0.25) is 0 Å². The minimum Gasteiger partial charge on any atom is -0.355 e. The molecule has 1 amide bonds. The largest absolute Gasteiger partial charge is 0.355 e. The molecule has 0 aromatic heterocycles. The van der Waals surface area contributed by atoms with Crippen molar-refractivity contribution in [2.24, 2.45) is 0 Å². The lowest BCUT2D eigenvalue weighted by molar-refractivity contribution is -0.123. The second-order valence-electron chi connectivity index (χ2n) is 3.92. The Bertz CT molecular complexity index is 227. The van der Waals surface area contributed by atoms with Gasteiger partial charge in [0.15, 0.2) is 0 Å². The number of hydrogen-bond donors (Lipinski definition) is 2. The van der Waals surface area contributed by atoms with Gasteiger partial charge in [0.25, 0.3) is 0 Å². The fourth-order valence-electron chi connectivity index (χ4n) is 1.69. The molecule has 0 spiro atoms. The van der Waals surface area contributed by atoms with E-state index in [4.69, 9.17) is 0 Å². The van der Waals surface area contributed by atoms with Crippen LogP contribution in [0, 0.1) is 0 Å². The Morgan fingerprint density at radius 2 is 2.33 bits per heavy atom. The number of hydrogen-bond acceptors (Lipinski definition) is 3. The summed E-state index contributed by atoms with van der Waals surface area (Å²) in [6.45, 7) is 1.58. The van der Waals surface area contributed by atoms with Gasteiger partial charge in [-0.3, -0.25) is 9.00 Å². The molecule has 2 N–H and O–H groups in total. The number of carbonyl (C=O) groups is 1. The summed E-state index contributed by atoms with van der Waals surface area (Å²) in [5.41, 5.74) is 0. The van der Waals surface area contributed by atoms with Crippen LogP contribution in [0.1, 0.15) is 25.7 Å². The van der Waals surface area contributed by atoms with E-state index in [1.165, 1.54) is 6.42 Å². The van der Waals surface area contributed by atoms with Crippen LogP contribution in [0.15, 0.2) is 0 Å². The Balaban J connectivity index is 2.09. The van der Waals surface area contributed by atoms with E-state index in [-0.39, 0.29) is 11.9 Å². The third-order valence-corrected chi connectivity index (χ3v) is 3.40. The summed E-state index contributed by atoms with van der Waals surface area (Å²) < 4.78 is 10.8. The molecule has 1 aliphatic rings. The van der Waals surface area contributed by atoms with Gasteiger partial charge in [0.2, 0.25) is 5.91 Å². The van der Waals surface area contributed by atoms with Crippen molar-refractivity contribution >= 4 is 16.7 Å². The number of piperidine rings is 1. The Hall–Kier alpha value is -0.420. The van der Waals surface area contributed by atoms with Crippen molar-refractivity contribution in [3.05, 3.63) is 0 Å². The summed E-state index contributed by atoms with van der Waals surface area (Å²) in [6.07, 6.45) is 5.71. The van der Waals surface area contributed by atoms with Crippen LogP contribution >= 0.6 is 0 Å². The van der Waals surface area contributed by atoms with Crippen LogP contribution in [0.5, 0.6) is 0 Å². The molecule has 0 aromatic carbocycles. The molecule has 88 valence electrons. The van der Waals surface area contributed by atoms with Crippen molar-refractivity contribution in [1.29, 1.82) is 0 Å². The molecular formula is C10H20N2O2S. The summed E-state index contributed by atoms with van der Waals surface area (Å²) in [5.74, 6) is 0.759. The number of nitrogens with one attached hydrogen (secondary N) is 2. The van der Waals surface area contributed by atoms with Gasteiger partial charge < -0.3 is 10.6 Å². The summed E-state index contributed by atoms with van der Waals surface area (Å²) in [4.78, 5) is 11.6. The zero-order chi connectivity index (χ0) is 11.1. The van der Waals surface area contributed by atoms with Crippen molar-refractivity contribution in [3.63, 3.8) is 0 Å². The molecule has 2 atom stereocenters. The van der Waals surface area contributed by atoms with Gasteiger partial charge in [-0.2, -0.15) is 0 Å². The molecular weight excluding hydrogens is 212 g/mol. The lowest BCUT2D eigenvalue weighted by atomic mass is 10.0. The fourth-order valence-corrected chi connectivity index (χ4v) is 2.24. The van der Waals surface area contributed by atoms with E-state index in [1.807, 2.05) is 0 Å². The van der Waals surface area contributed by atoms with E-state index >= 15 is 0 Å². The van der Waals surface area contributed by atoms with Crippen molar-refractivity contribution in [2.45, 2.75) is 31.7 Å². The molecule has 2 unspecified atom stereocenters. The summed E-state index contributed by atoms with van der Waals surface area (Å²) in [7, 11) is -0.752. The monoisotopic (exact) mass is 232 g/mol. The molecule has 0 radical (unpaired) electrons. The first kappa shape index (κ1) is 12.6. The van der Waals surface area contributed by atoms with Crippen LogP contribution in [0.25, 0.3) is 0 Å². The topological polar surface area (TPSA) is 58.2 Å². The predicted molar refractivity (Wildman–Crippen MR) is 62.2 cm³/mol. The molecule has 1 heterocycles. The summed E-state index contributed by atoms with van der Waals surface area (Å²) >= 11 is 0. The van der Waals surface area contributed by atoms with Crippen LogP contribution in [-0.2, 0) is 15.6 Å². The molecule has 0 bridgehead atoms. The molecule has 5 heteroatoms. The molecule has 15 heavy (non-hydrogen) atoms. The van der Waals surface area contributed by atoms with Crippen molar-refractivity contribution in [3.8, 4) is 0 Å². The van der Waals surface area contributed by atoms with Crippen molar-refractivity contribution in [2.75, 3.05) is 25.1 Å². The van der Waals surface area contributed by atoms with Gasteiger partial charge in [-0.05, 0) is 25.8 Å². The van der Waals surface area contributed by atoms with Gasteiger partial charge in [0.1, 0.15) is 0 Å². The highest BCUT2D eigenvalue weighted by Gasteiger charge is 2.19. The van der Waals surface area contributed by atoms with Crippen LogP contribution in [0.3, 0.4) is 0 Å². The molecule has 0 aliphatic carbocycles. The quantitative estimate of drug-likeness (QED) is 0.657. The molecule has 0 aromatic rings. The van der Waals surface area contributed by atoms with E-state index in [0.717, 1.165) is 25.8 Å². The average Bonchev–Trinajstić information content (AvgIpc) is 2.25. The SMILES string of the molecule is CS(=O)CCCNC(=O)C1CCCCN1. The van der Waals surface area contributed by atoms with Gasteiger partial charge in [-0.15, -0.1) is 0 Å². The third kappa shape index (κ3) is 5.28. The molecule has 1 aliphatic heterocycles.